The molecule has 0 aliphatic carbocycles. The van der Waals surface area contributed by atoms with E-state index < -0.39 is 0 Å². The van der Waals surface area contributed by atoms with Crippen LogP contribution in [0.2, 0.25) is 5.02 Å². The van der Waals surface area contributed by atoms with Crippen LogP contribution < -0.4 is 4.90 Å². The van der Waals surface area contributed by atoms with Gasteiger partial charge in [0.15, 0.2) is 0 Å². The van der Waals surface area contributed by atoms with Crippen LogP contribution in [0.3, 0.4) is 0 Å². The Labute approximate surface area is 121 Å². The van der Waals surface area contributed by atoms with Crippen LogP contribution in [0.1, 0.15) is 18.3 Å². The molecular formula is C13H16ClN3OS. The lowest BCUT2D eigenvalue weighted by atomic mass is 10.2. The second-order valence-electron chi connectivity index (χ2n) is 4.12. The highest BCUT2D eigenvalue weighted by Crippen LogP contribution is 2.21. The molecule has 0 fully saturated rings. The fraction of sp³-hybridized carbons (Fsp3) is 0.385. The van der Waals surface area contributed by atoms with Gasteiger partial charge >= 0.3 is 0 Å². The maximum Gasteiger partial charge on any atom is 0.205 e. The minimum Gasteiger partial charge on any atom is -0.395 e. The minimum absolute atomic E-state index is 0.0849. The van der Waals surface area contributed by atoms with Crippen LogP contribution in [-0.2, 0) is 13.0 Å². The van der Waals surface area contributed by atoms with Gasteiger partial charge in [-0.1, -0.05) is 30.7 Å². The van der Waals surface area contributed by atoms with Crippen molar-refractivity contribution in [3.63, 3.8) is 0 Å². The Kier molecular flexibility index (Phi) is 5.13. The van der Waals surface area contributed by atoms with Crippen molar-refractivity contribution in [1.82, 2.24) is 9.36 Å². The Hall–Kier alpha value is -1.17. The van der Waals surface area contributed by atoms with E-state index in [0.717, 1.165) is 22.9 Å². The molecule has 102 valence electrons. The van der Waals surface area contributed by atoms with Crippen LogP contribution in [0, 0.1) is 0 Å². The first-order chi connectivity index (χ1) is 9.22. The van der Waals surface area contributed by atoms with Crippen LogP contribution in [0.25, 0.3) is 0 Å². The monoisotopic (exact) mass is 297 g/mol. The van der Waals surface area contributed by atoms with Crippen molar-refractivity contribution < 1.29 is 5.11 Å². The number of aliphatic hydroxyl groups excluding tert-OH is 1. The molecule has 0 aliphatic rings. The molecule has 0 unspecified atom stereocenters. The Morgan fingerprint density at radius 1 is 1.42 bits per heavy atom. The summed E-state index contributed by atoms with van der Waals surface area (Å²) in [6.45, 7) is 3.31. The van der Waals surface area contributed by atoms with Crippen LogP contribution in [0.5, 0.6) is 0 Å². The number of rotatable bonds is 6. The molecule has 2 aromatic rings. The third kappa shape index (κ3) is 3.89. The van der Waals surface area contributed by atoms with Crippen molar-refractivity contribution in [3.05, 3.63) is 40.7 Å². The summed E-state index contributed by atoms with van der Waals surface area (Å²) in [5.41, 5.74) is 1.09. The Balaban J connectivity index is 2.15. The number of aromatic nitrogens is 2. The van der Waals surface area contributed by atoms with Gasteiger partial charge in [-0.05, 0) is 17.7 Å². The van der Waals surface area contributed by atoms with Crippen LogP contribution in [0.15, 0.2) is 24.3 Å². The van der Waals surface area contributed by atoms with E-state index in [1.165, 1.54) is 11.5 Å². The number of hydrogen-bond acceptors (Lipinski definition) is 5. The summed E-state index contributed by atoms with van der Waals surface area (Å²) in [5.74, 6) is 0.842. The number of halogens is 1. The van der Waals surface area contributed by atoms with Crippen molar-refractivity contribution in [1.29, 1.82) is 0 Å². The van der Waals surface area contributed by atoms with Crippen molar-refractivity contribution >= 4 is 28.3 Å². The van der Waals surface area contributed by atoms with Gasteiger partial charge in [-0.2, -0.15) is 4.37 Å². The van der Waals surface area contributed by atoms with Gasteiger partial charge < -0.3 is 10.0 Å². The number of aliphatic hydroxyl groups is 1. The van der Waals surface area contributed by atoms with Gasteiger partial charge in [0.1, 0.15) is 5.82 Å². The molecule has 1 heterocycles. The fourth-order valence-electron chi connectivity index (χ4n) is 1.74. The summed E-state index contributed by atoms with van der Waals surface area (Å²) < 4.78 is 4.28. The Bertz CT molecular complexity index is 532. The molecule has 1 N–H and O–H groups in total. The molecule has 0 radical (unpaired) electrons. The zero-order valence-electron chi connectivity index (χ0n) is 10.7. The lowest BCUT2D eigenvalue weighted by Crippen LogP contribution is -2.26. The first-order valence-corrected chi connectivity index (χ1v) is 7.31. The van der Waals surface area contributed by atoms with E-state index in [2.05, 4.69) is 9.36 Å². The summed E-state index contributed by atoms with van der Waals surface area (Å²) in [6, 6.07) is 7.71. The second kappa shape index (κ2) is 6.84. The van der Waals surface area contributed by atoms with Crippen molar-refractivity contribution in [3.8, 4) is 0 Å². The van der Waals surface area contributed by atoms with Gasteiger partial charge in [0.25, 0.3) is 0 Å². The molecule has 0 spiro atoms. The van der Waals surface area contributed by atoms with E-state index in [0.29, 0.717) is 18.1 Å². The molecule has 1 aromatic carbocycles. The van der Waals surface area contributed by atoms with Gasteiger partial charge in [0.05, 0.1) is 6.61 Å². The predicted molar refractivity (Wildman–Crippen MR) is 78.9 cm³/mol. The number of nitrogens with zero attached hydrogens (tertiary/aromatic N) is 3. The summed E-state index contributed by atoms with van der Waals surface area (Å²) in [4.78, 5) is 6.47. The lowest BCUT2D eigenvalue weighted by Gasteiger charge is -2.20. The maximum absolute atomic E-state index is 9.18. The molecular weight excluding hydrogens is 282 g/mol. The molecule has 2 rings (SSSR count). The molecule has 19 heavy (non-hydrogen) atoms. The van der Waals surface area contributed by atoms with Gasteiger partial charge in [0.2, 0.25) is 5.13 Å². The first kappa shape index (κ1) is 14.2. The fourth-order valence-corrected chi connectivity index (χ4v) is 2.72. The third-order valence-electron chi connectivity index (χ3n) is 2.68. The Morgan fingerprint density at radius 3 is 2.89 bits per heavy atom. The van der Waals surface area contributed by atoms with Gasteiger partial charge in [-0.3, -0.25) is 0 Å². The van der Waals surface area contributed by atoms with Gasteiger partial charge in [0, 0.05) is 36.1 Å². The summed E-state index contributed by atoms with van der Waals surface area (Å²) >= 11 is 7.35. The molecule has 0 atom stereocenters. The van der Waals surface area contributed by atoms with Gasteiger partial charge in [-0.25, -0.2) is 4.98 Å². The van der Waals surface area contributed by atoms with Crippen molar-refractivity contribution in [2.45, 2.75) is 19.9 Å². The number of anilines is 1. The van der Waals surface area contributed by atoms with E-state index in [4.69, 9.17) is 11.6 Å². The highest BCUT2D eigenvalue weighted by atomic mass is 35.5. The summed E-state index contributed by atoms with van der Waals surface area (Å²) in [6.07, 6.45) is 0.820. The first-order valence-electron chi connectivity index (χ1n) is 6.15. The minimum atomic E-state index is 0.0849. The average Bonchev–Trinajstić information content (AvgIpc) is 2.87. The third-order valence-corrected chi connectivity index (χ3v) is 3.73. The largest absolute Gasteiger partial charge is 0.395 e. The molecule has 0 saturated heterocycles. The topological polar surface area (TPSA) is 49.2 Å². The molecule has 1 aromatic heterocycles. The lowest BCUT2D eigenvalue weighted by molar-refractivity contribution is 0.301. The van der Waals surface area contributed by atoms with Crippen LogP contribution in [-0.4, -0.2) is 27.6 Å². The van der Waals surface area contributed by atoms with E-state index >= 15 is 0 Å². The smallest absolute Gasteiger partial charge is 0.205 e. The average molecular weight is 298 g/mol. The zero-order valence-corrected chi connectivity index (χ0v) is 12.3. The maximum atomic E-state index is 9.18. The van der Waals surface area contributed by atoms with Crippen LogP contribution in [0.4, 0.5) is 5.13 Å². The molecule has 0 aliphatic heterocycles. The highest BCUT2D eigenvalue weighted by Gasteiger charge is 2.12. The highest BCUT2D eigenvalue weighted by molar-refractivity contribution is 7.09. The van der Waals surface area contributed by atoms with Gasteiger partial charge in [-0.15, -0.1) is 0 Å². The summed E-state index contributed by atoms with van der Waals surface area (Å²) in [5, 5.41) is 10.7. The number of benzene rings is 1. The van der Waals surface area contributed by atoms with Crippen molar-refractivity contribution in [2.24, 2.45) is 0 Å². The standard InChI is InChI=1S/C13H16ClN3OS/c1-2-12-15-13(19-16-12)17(6-7-18)9-10-4-3-5-11(14)8-10/h3-5,8,18H,2,6-7,9H2,1H3. The zero-order chi connectivity index (χ0) is 13.7. The quantitative estimate of drug-likeness (QED) is 0.891. The van der Waals surface area contributed by atoms with E-state index in [-0.39, 0.29) is 6.61 Å². The number of hydrogen-bond donors (Lipinski definition) is 1. The molecule has 4 nitrogen and oxygen atoms in total. The molecule has 0 bridgehead atoms. The molecule has 0 amide bonds. The second-order valence-corrected chi connectivity index (χ2v) is 5.29. The Morgan fingerprint density at radius 2 is 2.26 bits per heavy atom. The van der Waals surface area contributed by atoms with E-state index in [1.807, 2.05) is 36.1 Å². The molecule has 0 saturated carbocycles. The van der Waals surface area contributed by atoms with Crippen molar-refractivity contribution in [2.75, 3.05) is 18.1 Å². The SMILES string of the molecule is CCc1nsc(N(CCO)Cc2cccc(Cl)c2)n1. The molecule has 6 heteroatoms. The predicted octanol–water partition coefficient (Wildman–Crippen LogP) is 2.75. The van der Waals surface area contributed by atoms with Crippen LogP contribution >= 0.6 is 23.1 Å². The normalized spacial score (nSPS) is 10.7. The number of aryl methyl sites for hydroxylation is 1. The van der Waals surface area contributed by atoms with E-state index in [1.54, 1.807) is 0 Å². The summed E-state index contributed by atoms with van der Waals surface area (Å²) in [7, 11) is 0. The van der Waals surface area contributed by atoms with E-state index in [9.17, 15) is 5.11 Å².